The highest BCUT2D eigenvalue weighted by Crippen LogP contribution is 2.19. The van der Waals surface area contributed by atoms with Crippen LogP contribution in [0.2, 0.25) is 0 Å². The number of benzene rings is 2. The Morgan fingerprint density at radius 2 is 1.85 bits per heavy atom. The summed E-state index contributed by atoms with van der Waals surface area (Å²) in [6.07, 6.45) is 0. The minimum absolute atomic E-state index is 0.599. The van der Waals surface area contributed by atoms with E-state index < -0.39 is 0 Å². The summed E-state index contributed by atoms with van der Waals surface area (Å²) in [4.78, 5) is 2.59. The lowest BCUT2D eigenvalue weighted by atomic mass is 10.0. The van der Waals surface area contributed by atoms with Gasteiger partial charge in [-0.05, 0) is 42.2 Å². The molecule has 2 nitrogen and oxygen atoms in total. The lowest BCUT2D eigenvalue weighted by molar-refractivity contribution is 0.152. The summed E-state index contributed by atoms with van der Waals surface area (Å²) in [5, 5.41) is 6.04. The minimum atomic E-state index is 0.599. The Kier molecular flexibility index (Phi) is 4.04. The van der Waals surface area contributed by atoms with E-state index in [9.17, 15) is 0 Å². The number of hydrogen-bond donors (Lipinski definition) is 1. The van der Waals surface area contributed by atoms with Crippen LogP contribution in [0.4, 0.5) is 0 Å². The normalized spacial score (nSPS) is 16.0. The van der Waals surface area contributed by atoms with Crippen LogP contribution < -0.4 is 5.32 Å². The van der Waals surface area contributed by atoms with Crippen molar-refractivity contribution in [3.63, 3.8) is 0 Å². The van der Waals surface area contributed by atoms with Crippen LogP contribution in [0, 0.1) is 5.92 Å². The minimum Gasteiger partial charge on any atom is -0.316 e. The van der Waals surface area contributed by atoms with Gasteiger partial charge in [-0.2, -0.15) is 0 Å². The van der Waals surface area contributed by atoms with E-state index in [4.69, 9.17) is 0 Å². The zero-order valence-electron chi connectivity index (χ0n) is 12.5. The summed E-state index contributed by atoms with van der Waals surface area (Å²) in [6, 6.07) is 16.1. The van der Waals surface area contributed by atoms with E-state index in [-0.39, 0.29) is 0 Å². The van der Waals surface area contributed by atoms with Gasteiger partial charge in [-0.25, -0.2) is 0 Å². The third-order valence-electron chi connectivity index (χ3n) is 4.29. The molecule has 0 radical (unpaired) electrons. The molecule has 0 aromatic heterocycles. The number of nitrogens with one attached hydrogen (secondary N) is 1. The highest BCUT2D eigenvalue weighted by atomic mass is 15.2. The molecule has 0 amide bonds. The molecule has 1 N–H and O–H groups in total. The Labute approximate surface area is 121 Å². The first-order valence-electron chi connectivity index (χ1n) is 7.65. The van der Waals surface area contributed by atoms with E-state index in [1.807, 2.05) is 0 Å². The predicted molar refractivity (Wildman–Crippen MR) is 85.9 cm³/mol. The summed E-state index contributed by atoms with van der Waals surface area (Å²) in [6.45, 7) is 9.22. The van der Waals surface area contributed by atoms with E-state index in [0.717, 1.165) is 12.5 Å². The molecular formula is C18H24N2. The quantitative estimate of drug-likeness (QED) is 0.895. The molecular weight excluding hydrogens is 244 g/mol. The second kappa shape index (κ2) is 5.94. The summed E-state index contributed by atoms with van der Waals surface area (Å²) >= 11 is 0. The Hall–Kier alpha value is -1.38. The molecule has 20 heavy (non-hydrogen) atoms. The average Bonchev–Trinajstić information content (AvgIpc) is 2.41. The highest BCUT2D eigenvalue weighted by Gasteiger charge is 2.21. The van der Waals surface area contributed by atoms with Crippen molar-refractivity contribution in [3.8, 4) is 0 Å². The van der Waals surface area contributed by atoms with E-state index in [1.54, 1.807) is 0 Å². The summed E-state index contributed by atoms with van der Waals surface area (Å²) in [7, 11) is 0. The van der Waals surface area contributed by atoms with Gasteiger partial charge in [-0.1, -0.05) is 36.4 Å². The maximum atomic E-state index is 3.37. The van der Waals surface area contributed by atoms with Gasteiger partial charge in [-0.3, -0.25) is 4.90 Å². The van der Waals surface area contributed by atoms with E-state index in [1.165, 1.54) is 36.0 Å². The fourth-order valence-electron chi connectivity index (χ4n) is 2.84. The predicted octanol–water partition coefficient (Wildman–Crippen LogP) is 3.27. The van der Waals surface area contributed by atoms with Gasteiger partial charge >= 0.3 is 0 Å². The average molecular weight is 268 g/mol. The molecule has 106 valence electrons. The molecule has 1 fully saturated rings. The molecule has 1 aliphatic heterocycles. The molecule has 1 saturated heterocycles. The van der Waals surface area contributed by atoms with Gasteiger partial charge in [0.05, 0.1) is 0 Å². The van der Waals surface area contributed by atoms with Crippen molar-refractivity contribution in [2.24, 2.45) is 5.92 Å². The fraction of sp³-hybridized carbons (Fsp3) is 0.444. The fourth-order valence-corrected chi connectivity index (χ4v) is 2.84. The standard InChI is InChI=1S/C18H24N2/c1-14(2)20(13-16-10-19-11-16)12-15-7-8-17-5-3-4-6-18(17)9-15/h3-9,14,16,19H,10-13H2,1-2H3. The van der Waals surface area contributed by atoms with Crippen LogP contribution in [-0.2, 0) is 6.54 Å². The molecule has 1 aliphatic rings. The zero-order chi connectivity index (χ0) is 13.9. The Bertz CT molecular complexity index is 572. The lowest BCUT2D eigenvalue weighted by Crippen LogP contribution is -2.49. The Balaban J connectivity index is 1.75. The van der Waals surface area contributed by atoms with Crippen molar-refractivity contribution in [1.29, 1.82) is 0 Å². The number of nitrogens with zero attached hydrogens (tertiary/aromatic N) is 1. The lowest BCUT2D eigenvalue weighted by Gasteiger charge is -2.35. The number of hydrogen-bond acceptors (Lipinski definition) is 2. The van der Waals surface area contributed by atoms with Gasteiger partial charge in [0.2, 0.25) is 0 Å². The molecule has 1 heterocycles. The number of rotatable bonds is 5. The van der Waals surface area contributed by atoms with Crippen molar-refractivity contribution < 1.29 is 0 Å². The van der Waals surface area contributed by atoms with Crippen LogP contribution in [0.25, 0.3) is 10.8 Å². The maximum absolute atomic E-state index is 3.37. The molecule has 0 bridgehead atoms. The van der Waals surface area contributed by atoms with Gasteiger partial charge < -0.3 is 5.32 Å². The Morgan fingerprint density at radius 3 is 2.50 bits per heavy atom. The molecule has 2 heteroatoms. The highest BCUT2D eigenvalue weighted by molar-refractivity contribution is 5.82. The van der Waals surface area contributed by atoms with Crippen molar-refractivity contribution in [2.75, 3.05) is 19.6 Å². The third kappa shape index (κ3) is 3.02. The smallest absolute Gasteiger partial charge is 0.0236 e. The van der Waals surface area contributed by atoms with Gasteiger partial charge in [0.1, 0.15) is 0 Å². The summed E-state index contributed by atoms with van der Waals surface area (Å²) < 4.78 is 0. The molecule has 0 atom stereocenters. The molecule has 2 aromatic rings. The maximum Gasteiger partial charge on any atom is 0.0236 e. The molecule has 0 unspecified atom stereocenters. The summed E-state index contributed by atoms with van der Waals surface area (Å²) in [5.41, 5.74) is 1.42. The van der Waals surface area contributed by atoms with Crippen molar-refractivity contribution in [2.45, 2.75) is 26.4 Å². The first kappa shape index (κ1) is 13.6. The van der Waals surface area contributed by atoms with Crippen LogP contribution >= 0.6 is 0 Å². The van der Waals surface area contributed by atoms with Crippen LogP contribution in [0.3, 0.4) is 0 Å². The van der Waals surface area contributed by atoms with Gasteiger partial charge in [0, 0.05) is 32.2 Å². The molecule has 0 aliphatic carbocycles. The van der Waals surface area contributed by atoms with Crippen molar-refractivity contribution >= 4 is 10.8 Å². The first-order valence-corrected chi connectivity index (χ1v) is 7.65. The van der Waals surface area contributed by atoms with Gasteiger partial charge in [-0.15, -0.1) is 0 Å². The molecule has 3 rings (SSSR count). The summed E-state index contributed by atoms with van der Waals surface area (Å²) in [5.74, 6) is 0.831. The second-order valence-corrected chi connectivity index (χ2v) is 6.23. The SMILES string of the molecule is CC(C)N(Cc1ccc2ccccc2c1)CC1CNC1. The van der Waals surface area contributed by atoms with Crippen molar-refractivity contribution in [1.82, 2.24) is 10.2 Å². The van der Waals surface area contributed by atoms with Crippen LogP contribution in [0.5, 0.6) is 0 Å². The van der Waals surface area contributed by atoms with E-state index in [0.29, 0.717) is 6.04 Å². The van der Waals surface area contributed by atoms with Crippen LogP contribution in [-0.4, -0.2) is 30.6 Å². The van der Waals surface area contributed by atoms with E-state index >= 15 is 0 Å². The second-order valence-electron chi connectivity index (χ2n) is 6.23. The molecule has 0 saturated carbocycles. The monoisotopic (exact) mass is 268 g/mol. The van der Waals surface area contributed by atoms with Crippen molar-refractivity contribution in [3.05, 3.63) is 48.0 Å². The third-order valence-corrected chi connectivity index (χ3v) is 4.29. The molecule has 0 spiro atoms. The zero-order valence-corrected chi connectivity index (χ0v) is 12.5. The molecule has 2 aromatic carbocycles. The van der Waals surface area contributed by atoms with Crippen LogP contribution in [0.1, 0.15) is 19.4 Å². The largest absolute Gasteiger partial charge is 0.316 e. The topological polar surface area (TPSA) is 15.3 Å². The number of fused-ring (bicyclic) bond motifs is 1. The first-order chi connectivity index (χ1) is 9.72. The van der Waals surface area contributed by atoms with Crippen LogP contribution in [0.15, 0.2) is 42.5 Å². The van der Waals surface area contributed by atoms with E-state index in [2.05, 4.69) is 66.5 Å². The van der Waals surface area contributed by atoms with Gasteiger partial charge in [0.25, 0.3) is 0 Å². The Morgan fingerprint density at radius 1 is 1.10 bits per heavy atom. The van der Waals surface area contributed by atoms with Gasteiger partial charge in [0.15, 0.2) is 0 Å².